The molecule has 15 heavy (non-hydrogen) atoms. The van der Waals surface area contributed by atoms with Crippen molar-refractivity contribution < 1.29 is 5.11 Å². The van der Waals surface area contributed by atoms with Gasteiger partial charge in [0.1, 0.15) is 0 Å². The molecule has 0 bridgehead atoms. The van der Waals surface area contributed by atoms with Crippen LogP contribution in [0.4, 0.5) is 5.69 Å². The summed E-state index contributed by atoms with van der Waals surface area (Å²) < 4.78 is 0. The minimum atomic E-state index is 0.228. The molecule has 1 N–H and O–H groups in total. The number of aliphatic hydroxyl groups excluding tert-OH is 1. The first kappa shape index (κ1) is 12.0. The average molecular weight is 208 g/mol. The number of likely N-dealkylation sites (N-methyl/N-ethyl adjacent to an activating group) is 2. The lowest BCUT2D eigenvalue weighted by atomic mass is 10.3. The molecule has 0 radical (unpaired) electrons. The molecule has 3 nitrogen and oxygen atoms in total. The normalized spacial score (nSPS) is 10.7. The van der Waals surface area contributed by atoms with Crippen LogP contribution in [0.2, 0.25) is 0 Å². The van der Waals surface area contributed by atoms with Crippen molar-refractivity contribution in [2.45, 2.75) is 0 Å². The lowest BCUT2D eigenvalue weighted by Crippen LogP contribution is -2.32. The van der Waals surface area contributed by atoms with Gasteiger partial charge < -0.3 is 14.9 Å². The van der Waals surface area contributed by atoms with Crippen LogP contribution < -0.4 is 4.90 Å². The van der Waals surface area contributed by atoms with Crippen LogP contribution in [-0.2, 0) is 0 Å². The monoisotopic (exact) mass is 208 g/mol. The summed E-state index contributed by atoms with van der Waals surface area (Å²) >= 11 is 0. The number of aliphatic hydroxyl groups is 1. The van der Waals surface area contributed by atoms with Gasteiger partial charge in [-0.15, -0.1) is 0 Å². The van der Waals surface area contributed by atoms with Gasteiger partial charge >= 0.3 is 0 Å². The lowest BCUT2D eigenvalue weighted by molar-refractivity contribution is 0.224. The SMILES string of the molecule is CN(CCO)CCN(C)c1ccccc1. The maximum absolute atomic E-state index is 8.76. The van der Waals surface area contributed by atoms with E-state index in [1.807, 2.05) is 25.2 Å². The van der Waals surface area contributed by atoms with Gasteiger partial charge in [0.2, 0.25) is 0 Å². The predicted molar refractivity (Wildman–Crippen MR) is 64.3 cm³/mol. The molecule has 0 atom stereocenters. The zero-order chi connectivity index (χ0) is 11.1. The zero-order valence-electron chi connectivity index (χ0n) is 9.56. The summed E-state index contributed by atoms with van der Waals surface area (Å²) in [6.07, 6.45) is 0. The highest BCUT2D eigenvalue weighted by molar-refractivity contribution is 5.44. The Hall–Kier alpha value is -1.06. The highest BCUT2D eigenvalue weighted by Gasteiger charge is 2.01. The van der Waals surface area contributed by atoms with Crippen LogP contribution >= 0.6 is 0 Å². The van der Waals surface area contributed by atoms with Crippen LogP contribution in [0.3, 0.4) is 0 Å². The van der Waals surface area contributed by atoms with Crippen molar-refractivity contribution in [2.75, 3.05) is 45.2 Å². The van der Waals surface area contributed by atoms with Gasteiger partial charge in [-0.3, -0.25) is 0 Å². The Morgan fingerprint density at radius 3 is 2.27 bits per heavy atom. The molecule has 3 heteroatoms. The highest BCUT2D eigenvalue weighted by atomic mass is 16.3. The van der Waals surface area contributed by atoms with Crippen molar-refractivity contribution in [3.8, 4) is 0 Å². The third kappa shape index (κ3) is 4.32. The van der Waals surface area contributed by atoms with Crippen LogP contribution in [-0.4, -0.2) is 50.3 Å². The van der Waals surface area contributed by atoms with Crippen molar-refractivity contribution in [3.05, 3.63) is 30.3 Å². The Morgan fingerprint density at radius 2 is 1.67 bits per heavy atom. The molecule has 0 amide bonds. The van der Waals surface area contributed by atoms with Crippen LogP contribution in [0.1, 0.15) is 0 Å². The summed E-state index contributed by atoms with van der Waals surface area (Å²) in [7, 11) is 4.11. The number of para-hydroxylation sites is 1. The van der Waals surface area contributed by atoms with E-state index < -0.39 is 0 Å². The smallest absolute Gasteiger partial charge is 0.0558 e. The number of benzene rings is 1. The Labute approximate surface area is 91.9 Å². The third-order valence-electron chi connectivity index (χ3n) is 2.50. The fraction of sp³-hybridized carbons (Fsp3) is 0.500. The predicted octanol–water partition coefficient (Wildman–Crippen LogP) is 1.05. The minimum absolute atomic E-state index is 0.228. The summed E-state index contributed by atoms with van der Waals surface area (Å²) in [5.41, 5.74) is 1.23. The molecule has 0 aliphatic carbocycles. The lowest BCUT2D eigenvalue weighted by Gasteiger charge is -2.23. The van der Waals surface area contributed by atoms with E-state index in [9.17, 15) is 0 Å². The summed E-state index contributed by atoms with van der Waals surface area (Å²) in [5.74, 6) is 0. The van der Waals surface area contributed by atoms with Gasteiger partial charge in [-0.2, -0.15) is 0 Å². The van der Waals surface area contributed by atoms with Crippen molar-refractivity contribution >= 4 is 5.69 Å². The number of anilines is 1. The molecule has 0 aromatic heterocycles. The fourth-order valence-corrected chi connectivity index (χ4v) is 1.41. The van der Waals surface area contributed by atoms with Crippen LogP contribution in [0.25, 0.3) is 0 Å². The largest absolute Gasteiger partial charge is 0.395 e. The number of nitrogens with zero attached hydrogens (tertiary/aromatic N) is 2. The van der Waals surface area contributed by atoms with Crippen molar-refractivity contribution in [2.24, 2.45) is 0 Å². The van der Waals surface area contributed by atoms with E-state index in [4.69, 9.17) is 5.11 Å². The molecule has 0 saturated heterocycles. The maximum Gasteiger partial charge on any atom is 0.0558 e. The second-order valence-corrected chi connectivity index (χ2v) is 3.78. The van der Waals surface area contributed by atoms with E-state index in [1.165, 1.54) is 5.69 Å². The molecule has 0 aliphatic heterocycles. The van der Waals surface area contributed by atoms with Gasteiger partial charge in [0.05, 0.1) is 6.61 Å². The highest BCUT2D eigenvalue weighted by Crippen LogP contribution is 2.10. The van der Waals surface area contributed by atoms with Crippen LogP contribution in [0.15, 0.2) is 30.3 Å². The molecule has 0 fully saturated rings. The van der Waals surface area contributed by atoms with Gasteiger partial charge in [-0.25, -0.2) is 0 Å². The molecule has 0 aliphatic rings. The zero-order valence-corrected chi connectivity index (χ0v) is 9.56. The first-order valence-electron chi connectivity index (χ1n) is 5.29. The van der Waals surface area contributed by atoms with E-state index >= 15 is 0 Å². The van der Waals surface area contributed by atoms with Gasteiger partial charge in [-0.1, -0.05) is 18.2 Å². The topological polar surface area (TPSA) is 26.7 Å². The number of hydrogen-bond acceptors (Lipinski definition) is 3. The fourth-order valence-electron chi connectivity index (χ4n) is 1.41. The quantitative estimate of drug-likeness (QED) is 0.757. The molecular formula is C12H20N2O. The molecule has 0 saturated carbocycles. The molecule has 1 aromatic carbocycles. The number of hydrogen-bond donors (Lipinski definition) is 1. The maximum atomic E-state index is 8.76. The van der Waals surface area contributed by atoms with E-state index in [0.717, 1.165) is 19.6 Å². The van der Waals surface area contributed by atoms with Crippen molar-refractivity contribution in [3.63, 3.8) is 0 Å². The number of rotatable bonds is 6. The Bertz CT molecular complexity index is 264. The molecule has 1 rings (SSSR count). The van der Waals surface area contributed by atoms with Gasteiger partial charge in [0.25, 0.3) is 0 Å². The van der Waals surface area contributed by atoms with Gasteiger partial charge in [0.15, 0.2) is 0 Å². The van der Waals surface area contributed by atoms with E-state index in [2.05, 4.69) is 29.0 Å². The Kier molecular flexibility index (Phi) is 5.15. The van der Waals surface area contributed by atoms with E-state index in [-0.39, 0.29) is 6.61 Å². The van der Waals surface area contributed by atoms with Crippen LogP contribution in [0.5, 0.6) is 0 Å². The van der Waals surface area contributed by atoms with E-state index in [0.29, 0.717) is 0 Å². The molecular weight excluding hydrogens is 188 g/mol. The van der Waals surface area contributed by atoms with Crippen molar-refractivity contribution in [1.82, 2.24) is 4.90 Å². The standard InChI is InChI=1S/C12H20N2O/c1-13(10-11-15)8-9-14(2)12-6-4-3-5-7-12/h3-7,15H,8-11H2,1-2H3. The molecule has 84 valence electrons. The molecule has 1 aromatic rings. The minimum Gasteiger partial charge on any atom is -0.395 e. The Balaban J connectivity index is 2.33. The summed E-state index contributed by atoms with van der Waals surface area (Å²) in [5, 5.41) is 8.76. The average Bonchev–Trinajstić information content (AvgIpc) is 2.27. The molecule has 0 spiro atoms. The second-order valence-electron chi connectivity index (χ2n) is 3.78. The third-order valence-corrected chi connectivity index (χ3v) is 2.50. The van der Waals surface area contributed by atoms with Gasteiger partial charge in [0, 0.05) is 32.4 Å². The second kappa shape index (κ2) is 6.43. The first-order chi connectivity index (χ1) is 7.24. The molecule has 0 unspecified atom stereocenters. The van der Waals surface area contributed by atoms with E-state index in [1.54, 1.807) is 0 Å². The van der Waals surface area contributed by atoms with Crippen molar-refractivity contribution in [1.29, 1.82) is 0 Å². The first-order valence-corrected chi connectivity index (χ1v) is 5.29. The molecule has 0 heterocycles. The summed E-state index contributed by atoms with van der Waals surface area (Å²) in [4.78, 5) is 4.34. The van der Waals surface area contributed by atoms with Gasteiger partial charge in [-0.05, 0) is 19.2 Å². The summed E-state index contributed by atoms with van der Waals surface area (Å²) in [6.45, 7) is 2.90. The Morgan fingerprint density at radius 1 is 1.00 bits per heavy atom. The summed E-state index contributed by atoms with van der Waals surface area (Å²) in [6, 6.07) is 10.3. The van der Waals surface area contributed by atoms with Crippen LogP contribution in [0, 0.1) is 0 Å².